The van der Waals surface area contributed by atoms with Crippen LogP contribution in [-0.4, -0.2) is 34.7 Å². The summed E-state index contributed by atoms with van der Waals surface area (Å²) in [4.78, 5) is 39.0. The van der Waals surface area contributed by atoms with Gasteiger partial charge in [0.1, 0.15) is 5.69 Å². The zero-order chi connectivity index (χ0) is 16.5. The van der Waals surface area contributed by atoms with Gasteiger partial charge in [0, 0.05) is 23.2 Å². The Labute approximate surface area is 130 Å². The fraction of sp³-hybridized carbons (Fsp3) is 0.562. The van der Waals surface area contributed by atoms with E-state index in [-0.39, 0.29) is 29.7 Å². The van der Waals surface area contributed by atoms with E-state index in [0.29, 0.717) is 23.2 Å². The summed E-state index contributed by atoms with van der Waals surface area (Å²) < 4.78 is 0. The molecule has 0 saturated carbocycles. The van der Waals surface area contributed by atoms with E-state index in [9.17, 15) is 14.4 Å². The van der Waals surface area contributed by atoms with Gasteiger partial charge in [0.15, 0.2) is 5.78 Å². The fourth-order valence-electron chi connectivity index (χ4n) is 2.71. The molecule has 0 fully saturated rings. The van der Waals surface area contributed by atoms with E-state index >= 15 is 0 Å². The Morgan fingerprint density at radius 2 is 1.91 bits per heavy atom. The van der Waals surface area contributed by atoms with Crippen LogP contribution in [0.4, 0.5) is 0 Å². The molecule has 6 heteroatoms. The van der Waals surface area contributed by atoms with Gasteiger partial charge in [0.05, 0.1) is 6.54 Å². The molecule has 0 bridgehead atoms. The van der Waals surface area contributed by atoms with E-state index in [2.05, 4.69) is 15.6 Å². The van der Waals surface area contributed by atoms with Gasteiger partial charge in [0.25, 0.3) is 5.91 Å². The molecule has 3 N–H and O–H groups in total. The van der Waals surface area contributed by atoms with Crippen LogP contribution in [0.25, 0.3) is 0 Å². The van der Waals surface area contributed by atoms with Gasteiger partial charge >= 0.3 is 0 Å². The summed E-state index contributed by atoms with van der Waals surface area (Å²) >= 11 is 0. The Morgan fingerprint density at radius 1 is 1.23 bits per heavy atom. The van der Waals surface area contributed by atoms with E-state index < -0.39 is 0 Å². The molecule has 22 heavy (non-hydrogen) atoms. The minimum atomic E-state index is -0.358. The van der Waals surface area contributed by atoms with Gasteiger partial charge < -0.3 is 15.6 Å². The van der Waals surface area contributed by atoms with Crippen LogP contribution < -0.4 is 10.6 Å². The smallest absolute Gasteiger partial charge is 0.268 e. The van der Waals surface area contributed by atoms with Crippen molar-refractivity contribution in [3.8, 4) is 0 Å². The summed E-state index contributed by atoms with van der Waals surface area (Å²) in [6.07, 6.45) is 2.11. The van der Waals surface area contributed by atoms with E-state index in [1.165, 1.54) is 0 Å². The first kappa shape index (κ1) is 16.3. The molecular weight excluding hydrogens is 282 g/mol. The average Bonchev–Trinajstić information content (AvgIpc) is 2.73. The quantitative estimate of drug-likeness (QED) is 0.790. The van der Waals surface area contributed by atoms with Crippen LogP contribution >= 0.6 is 0 Å². The highest BCUT2D eigenvalue weighted by Crippen LogP contribution is 2.26. The van der Waals surface area contributed by atoms with Crippen molar-refractivity contribution in [3.63, 3.8) is 0 Å². The van der Waals surface area contributed by atoms with Gasteiger partial charge in [-0.1, -0.05) is 0 Å². The monoisotopic (exact) mass is 305 g/mol. The van der Waals surface area contributed by atoms with Crippen LogP contribution in [0.1, 0.15) is 65.7 Å². The number of Topliss-reactive ketones (excluding diaryl/α,β-unsaturated/α-hetero) is 1. The zero-order valence-electron chi connectivity index (χ0n) is 13.6. The highest BCUT2D eigenvalue weighted by atomic mass is 16.2. The van der Waals surface area contributed by atoms with Crippen LogP contribution in [0.2, 0.25) is 0 Å². The number of ketones is 1. The number of aromatic amines is 1. The van der Waals surface area contributed by atoms with Crippen molar-refractivity contribution in [1.29, 1.82) is 0 Å². The first-order chi connectivity index (χ1) is 10.2. The van der Waals surface area contributed by atoms with Crippen molar-refractivity contribution in [2.75, 3.05) is 6.54 Å². The minimum Gasteiger partial charge on any atom is -0.354 e. The van der Waals surface area contributed by atoms with E-state index in [0.717, 1.165) is 18.5 Å². The third kappa shape index (κ3) is 3.55. The van der Waals surface area contributed by atoms with Crippen LogP contribution in [0.3, 0.4) is 0 Å². The molecule has 0 spiro atoms. The molecule has 1 aliphatic rings. The lowest BCUT2D eigenvalue weighted by atomic mass is 9.94. The summed E-state index contributed by atoms with van der Waals surface area (Å²) in [6, 6.07) is 0. The predicted molar refractivity (Wildman–Crippen MR) is 83.0 cm³/mol. The fourth-order valence-corrected chi connectivity index (χ4v) is 2.71. The number of carbonyl (C=O) groups is 3. The molecular formula is C16H23N3O3. The lowest BCUT2D eigenvalue weighted by Crippen LogP contribution is -2.45. The number of rotatable bonds is 3. The Kier molecular flexibility index (Phi) is 4.39. The maximum absolute atomic E-state index is 12.2. The second-order valence-electron chi connectivity index (χ2n) is 6.74. The maximum atomic E-state index is 12.2. The largest absolute Gasteiger partial charge is 0.354 e. The zero-order valence-corrected chi connectivity index (χ0v) is 13.6. The number of hydrogen-bond donors (Lipinski definition) is 3. The van der Waals surface area contributed by atoms with Crippen molar-refractivity contribution in [3.05, 3.63) is 22.5 Å². The molecule has 1 aromatic heterocycles. The average molecular weight is 305 g/mol. The Balaban J connectivity index is 2.05. The van der Waals surface area contributed by atoms with Crippen molar-refractivity contribution in [2.24, 2.45) is 0 Å². The van der Waals surface area contributed by atoms with Gasteiger partial charge in [-0.05, 0) is 46.1 Å². The van der Waals surface area contributed by atoms with Crippen LogP contribution in [-0.2, 0) is 11.2 Å². The first-order valence-electron chi connectivity index (χ1n) is 7.53. The third-order valence-electron chi connectivity index (χ3n) is 3.59. The highest BCUT2D eigenvalue weighted by Gasteiger charge is 2.26. The molecule has 2 amide bonds. The normalized spacial score (nSPS) is 14.5. The molecule has 2 rings (SSSR count). The minimum absolute atomic E-state index is 0.0829. The van der Waals surface area contributed by atoms with Crippen LogP contribution in [0.15, 0.2) is 0 Å². The number of H-pyrrole nitrogens is 1. The van der Waals surface area contributed by atoms with Gasteiger partial charge in [-0.25, -0.2) is 0 Å². The molecule has 120 valence electrons. The van der Waals surface area contributed by atoms with Crippen LogP contribution in [0.5, 0.6) is 0 Å². The molecule has 0 aromatic carbocycles. The summed E-state index contributed by atoms with van der Waals surface area (Å²) in [6.45, 7) is 7.31. The summed E-state index contributed by atoms with van der Waals surface area (Å²) in [5, 5.41) is 5.37. The number of amides is 2. The molecule has 0 aliphatic heterocycles. The molecule has 0 unspecified atom stereocenters. The van der Waals surface area contributed by atoms with E-state index in [1.807, 2.05) is 20.8 Å². The molecule has 1 heterocycles. The SMILES string of the molecule is Cc1c(C(=O)NCC(=O)NC(C)(C)C)[nH]c2c1C(=O)CCC2. The number of carbonyl (C=O) groups excluding carboxylic acids is 3. The summed E-state index contributed by atoms with van der Waals surface area (Å²) in [7, 11) is 0. The van der Waals surface area contributed by atoms with Gasteiger partial charge in [-0.3, -0.25) is 14.4 Å². The Bertz CT molecular complexity index is 623. The Hall–Kier alpha value is -2.11. The van der Waals surface area contributed by atoms with Crippen molar-refractivity contribution in [1.82, 2.24) is 15.6 Å². The number of nitrogens with one attached hydrogen (secondary N) is 3. The second-order valence-corrected chi connectivity index (χ2v) is 6.74. The number of aromatic nitrogens is 1. The Morgan fingerprint density at radius 3 is 2.50 bits per heavy atom. The number of hydrogen-bond acceptors (Lipinski definition) is 3. The van der Waals surface area contributed by atoms with Gasteiger partial charge in [0.2, 0.25) is 5.91 Å². The lowest BCUT2D eigenvalue weighted by Gasteiger charge is -2.20. The van der Waals surface area contributed by atoms with E-state index in [1.54, 1.807) is 6.92 Å². The molecule has 1 aromatic rings. The molecule has 0 radical (unpaired) electrons. The topological polar surface area (TPSA) is 91.1 Å². The molecule has 1 aliphatic carbocycles. The standard InChI is InChI=1S/C16H23N3O3/c1-9-13-10(6-5-7-11(13)20)18-14(9)15(22)17-8-12(21)19-16(2,3)4/h18H,5-8H2,1-4H3,(H,17,22)(H,19,21). The van der Waals surface area contributed by atoms with Crippen molar-refractivity contribution >= 4 is 17.6 Å². The highest BCUT2D eigenvalue weighted by molar-refractivity contribution is 6.04. The van der Waals surface area contributed by atoms with Crippen LogP contribution in [0, 0.1) is 6.92 Å². The molecule has 6 nitrogen and oxygen atoms in total. The second kappa shape index (κ2) is 5.94. The third-order valence-corrected chi connectivity index (χ3v) is 3.59. The number of fused-ring (bicyclic) bond motifs is 1. The van der Waals surface area contributed by atoms with Crippen molar-refractivity contribution in [2.45, 2.75) is 52.5 Å². The summed E-state index contributed by atoms with van der Waals surface area (Å²) in [5.74, 6) is -0.519. The maximum Gasteiger partial charge on any atom is 0.268 e. The van der Waals surface area contributed by atoms with Gasteiger partial charge in [-0.2, -0.15) is 0 Å². The van der Waals surface area contributed by atoms with E-state index in [4.69, 9.17) is 0 Å². The predicted octanol–water partition coefficient (Wildman–Crippen LogP) is 1.49. The molecule has 0 atom stereocenters. The molecule has 0 saturated heterocycles. The van der Waals surface area contributed by atoms with Gasteiger partial charge in [-0.15, -0.1) is 0 Å². The summed E-state index contributed by atoms with van der Waals surface area (Å²) in [5.41, 5.74) is 2.20. The number of aryl methyl sites for hydroxylation is 1. The van der Waals surface area contributed by atoms with Crippen molar-refractivity contribution < 1.29 is 14.4 Å². The lowest BCUT2D eigenvalue weighted by molar-refractivity contribution is -0.121. The first-order valence-corrected chi connectivity index (χ1v) is 7.53.